The van der Waals surface area contributed by atoms with Gasteiger partial charge in [0.15, 0.2) is 0 Å². The minimum absolute atomic E-state index is 0.161. The van der Waals surface area contributed by atoms with Crippen molar-refractivity contribution in [1.29, 1.82) is 0 Å². The summed E-state index contributed by atoms with van der Waals surface area (Å²) in [7, 11) is 0. The molecule has 0 radical (unpaired) electrons. The minimum Gasteiger partial charge on any atom is -0.465 e. The lowest BCUT2D eigenvalue weighted by Gasteiger charge is -2.27. The number of aromatic nitrogens is 1. The molecule has 0 aliphatic carbocycles. The van der Waals surface area contributed by atoms with Gasteiger partial charge in [-0.05, 0) is 40.9 Å². The highest BCUT2D eigenvalue weighted by molar-refractivity contribution is 7.07. The number of hydrazine groups is 1. The third-order valence-corrected chi connectivity index (χ3v) is 4.97. The molecular formula is C18H24N4O2S. The first-order valence-corrected chi connectivity index (χ1v) is 9.48. The number of pyridine rings is 1. The molecule has 7 heteroatoms. The Morgan fingerprint density at radius 2 is 2.28 bits per heavy atom. The van der Waals surface area contributed by atoms with E-state index in [1.807, 2.05) is 19.2 Å². The predicted molar refractivity (Wildman–Crippen MR) is 97.7 cm³/mol. The van der Waals surface area contributed by atoms with E-state index in [2.05, 4.69) is 43.6 Å². The molecule has 2 atom stereocenters. The molecule has 6 nitrogen and oxygen atoms in total. The van der Waals surface area contributed by atoms with Crippen molar-refractivity contribution in [3.63, 3.8) is 0 Å². The van der Waals surface area contributed by atoms with E-state index in [1.54, 1.807) is 17.5 Å². The van der Waals surface area contributed by atoms with Gasteiger partial charge in [-0.1, -0.05) is 6.07 Å². The molecule has 0 aromatic carbocycles. The Morgan fingerprint density at radius 1 is 1.40 bits per heavy atom. The fraction of sp³-hybridized carbons (Fsp3) is 0.444. The summed E-state index contributed by atoms with van der Waals surface area (Å²) in [5.41, 5.74) is 8.62. The van der Waals surface area contributed by atoms with Gasteiger partial charge < -0.3 is 4.74 Å². The van der Waals surface area contributed by atoms with Gasteiger partial charge >= 0.3 is 5.97 Å². The van der Waals surface area contributed by atoms with Crippen molar-refractivity contribution in [1.82, 2.24) is 20.7 Å². The zero-order chi connectivity index (χ0) is 17.5. The zero-order valence-corrected chi connectivity index (χ0v) is 15.2. The van der Waals surface area contributed by atoms with Crippen LogP contribution in [0.4, 0.5) is 0 Å². The molecule has 0 bridgehead atoms. The molecule has 2 unspecified atom stereocenters. The zero-order valence-electron chi connectivity index (χ0n) is 14.4. The van der Waals surface area contributed by atoms with Crippen molar-refractivity contribution in [3.05, 3.63) is 52.5 Å². The normalized spacial score (nSPS) is 20.1. The largest absolute Gasteiger partial charge is 0.465 e. The number of hydrogen-bond donors (Lipinski definition) is 2. The van der Waals surface area contributed by atoms with Crippen molar-refractivity contribution in [2.45, 2.75) is 26.1 Å². The van der Waals surface area contributed by atoms with Gasteiger partial charge in [-0.15, -0.1) is 0 Å². The van der Waals surface area contributed by atoms with Gasteiger partial charge in [0.1, 0.15) is 6.04 Å². The van der Waals surface area contributed by atoms with Gasteiger partial charge in [0.2, 0.25) is 0 Å². The Morgan fingerprint density at radius 3 is 3.00 bits per heavy atom. The van der Waals surface area contributed by atoms with Gasteiger partial charge in [0.05, 0.1) is 6.61 Å². The molecule has 0 saturated carbocycles. The van der Waals surface area contributed by atoms with Crippen molar-refractivity contribution in [2.75, 3.05) is 19.7 Å². The number of hydrogen-bond acceptors (Lipinski definition) is 7. The van der Waals surface area contributed by atoms with Crippen LogP contribution in [0.5, 0.6) is 0 Å². The van der Waals surface area contributed by atoms with E-state index in [4.69, 9.17) is 4.74 Å². The maximum Gasteiger partial charge on any atom is 0.324 e. The Balaban J connectivity index is 1.69. The molecule has 1 aliphatic rings. The van der Waals surface area contributed by atoms with Crippen LogP contribution in [0.3, 0.4) is 0 Å². The summed E-state index contributed by atoms with van der Waals surface area (Å²) < 4.78 is 5.19. The van der Waals surface area contributed by atoms with Crippen LogP contribution in [0.2, 0.25) is 0 Å². The van der Waals surface area contributed by atoms with E-state index in [1.165, 1.54) is 11.1 Å². The van der Waals surface area contributed by atoms with Crippen molar-refractivity contribution >= 4 is 17.3 Å². The number of carbonyl (C=O) groups excluding carboxylic acids is 1. The van der Waals surface area contributed by atoms with E-state index in [0.717, 1.165) is 26.2 Å². The summed E-state index contributed by atoms with van der Waals surface area (Å²) in [5.74, 6) is -0.0243. The van der Waals surface area contributed by atoms with Crippen LogP contribution >= 0.6 is 11.3 Å². The highest BCUT2D eigenvalue weighted by Crippen LogP contribution is 2.17. The summed E-state index contributed by atoms with van der Waals surface area (Å²) in [4.78, 5) is 18.7. The Hall–Kier alpha value is -1.80. The summed E-state index contributed by atoms with van der Waals surface area (Å²) in [6.45, 7) is 5.43. The topological polar surface area (TPSA) is 66.5 Å². The first-order valence-electron chi connectivity index (χ1n) is 8.53. The van der Waals surface area contributed by atoms with Gasteiger partial charge in [0, 0.05) is 44.5 Å². The van der Waals surface area contributed by atoms with Crippen LogP contribution in [0.25, 0.3) is 0 Å². The average molecular weight is 360 g/mol. The third kappa shape index (κ3) is 5.09. The summed E-state index contributed by atoms with van der Waals surface area (Å²) >= 11 is 1.70. The SMILES string of the molecule is CCOC(=O)C1NNCC1CN(Cc1cccnc1)Cc1ccsc1. The molecule has 2 aromatic heterocycles. The van der Waals surface area contributed by atoms with Gasteiger partial charge in [-0.3, -0.25) is 20.1 Å². The monoisotopic (exact) mass is 360 g/mol. The molecule has 2 N–H and O–H groups in total. The molecule has 0 amide bonds. The van der Waals surface area contributed by atoms with Crippen molar-refractivity contribution in [2.24, 2.45) is 5.92 Å². The van der Waals surface area contributed by atoms with Crippen molar-refractivity contribution < 1.29 is 9.53 Å². The number of thiophene rings is 1. The smallest absolute Gasteiger partial charge is 0.324 e. The second-order valence-corrected chi connectivity index (χ2v) is 6.96. The molecule has 1 fully saturated rings. The van der Waals surface area contributed by atoms with Crippen LogP contribution in [0, 0.1) is 5.92 Å². The van der Waals surface area contributed by atoms with Crippen LogP contribution in [-0.2, 0) is 22.6 Å². The Labute approximate surface area is 152 Å². The summed E-state index contributed by atoms with van der Waals surface area (Å²) in [6.07, 6.45) is 3.68. The molecule has 3 heterocycles. The summed E-state index contributed by atoms with van der Waals surface area (Å²) in [6, 6.07) is 5.88. The van der Waals surface area contributed by atoms with Crippen LogP contribution in [0.15, 0.2) is 41.4 Å². The number of nitrogens with zero attached hydrogens (tertiary/aromatic N) is 2. The van der Waals surface area contributed by atoms with E-state index in [9.17, 15) is 4.79 Å². The fourth-order valence-corrected chi connectivity index (χ4v) is 3.76. The standard InChI is InChI=1S/C18H24N4O2S/c1-2-24-18(23)17-16(9-20-21-17)12-22(11-15-5-7-25-13-15)10-14-4-3-6-19-8-14/h3-8,13,16-17,20-21H,2,9-12H2,1H3. The molecule has 1 saturated heterocycles. The first kappa shape index (κ1) is 18.0. The molecule has 0 spiro atoms. The number of ether oxygens (including phenoxy) is 1. The Bertz CT molecular complexity index is 650. The Kier molecular flexibility index (Phi) is 6.52. The lowest BCUT2D eigenvalue weighted by molar-refractivity contribution is -0.146. The third-order valence-electron chi connectivity index (χ3n) is 4.24. The lowest BCUT2D eigenvalue weighted by Crippen LogP contribution is -2.43. The molecular weight excluding hydrogens is 336 g/mol. The molecule has 1 aliphatic heterocycles. The van der Waals surface area contributed by atoms with Gasteiger partial charge in [-0.2, -0.15) is 11.3 Å². The number of carbonyl (C=O) groups is 1. The van der Waals surface area contributed by atoms with Crippen LogP contribution in [0.1, 0.15) is 18.1 Å². The predicted octanol–water partition coefficient (Wildman–Crippen LogP) is 1.80. The highest BCUT2D eigenvalue weighted by Gasteiger charge is 2.35. The maximum absolute atomic E-state index is 12.2. The fourth-order valence-electron chi connectivity index (χ4n) is 3.10. The number of esters is 1. The molecule has 2 aromatic rings. The molecule has 134 valence electrons. The second-order valence-electron chi connectivity index (χ2n) is 6.18. The number of nitrogens with one attached hydrogen (secondary N) is 2. The molecule has 3 rings (SSSR count). The average Bonchev–Trinajstić information content (AvgIpc) is 3.28. The maximum atomic E-state index is 12.2. The van der Waals surface area contributed by atoms with E-state index >= 15 is 0 Å². The summed E-state index contributed by atoms with van der Waals surface area (Å²) in [5, 5.41) is 4.27. The quantitative estimate of drug-likeness (QED) is 0.700. The van der Waals surface area contributed by atoms with Gasteiger partial charge in [0.25, 0.3) is 0 Å². The van der Waals surface area contributed by atoms with Gasteiger partial charge in [-0.25, -0.2) is 5.43 Å². The van der Waals surface area contributed by atoms with E-state index < -0.39 is 0 Å². The minimum atomic E-state index is -0.307. The molecule has 25 heavy (non-hydrogen) atoms. The first-order chi connectivity index (χ1) is 12.3. The lowest BCUT2D eigenvalue weighted by atomic mass is 10.0. The van der Waals surface area contributed by atoms with E-state index in [-0.39, 0.29) is 17.9 Å². The highest BCUT2D eigenvalue weighted by atomic mass is 32.1. The van der Waals surface area contributed by atoms with Crippen molar-refractivity contribution in [3.8, 4) is 0 Å². The van der Waals surface area contributed by atoms with E-state index in [0.29, 0.717) is 6.61 Å². The number of rotatable bonds is 8. The van der Waals surface area contributed by atoms with Crippen LogP contribution in [-0.4, -0.2) is 41.6 Å². The van der Waals surface area contributed by atoms with Crippen LogP contribution < -0.4 is 10.9 Å². The second kappa shape index (κ2) is 9.05.